The van der Waals surface area contributed by atoms with Crippen LogP contribution in [0.25, 0.3) is 4.83 Å². The second kappa shape index (κ2) is 10.3. The molecule has 37 heavy (non-hydrogen) atoms. The molecule has 17 heteroatoms. The van der Waals surface area contributed by atoms with E-state index < -0.39 is 41.8 Å². The maximum Gasteiger partial charge on any atom is 0.352 e. The van der Waals surface area contributed by atoms with Gasteiger partial charge in [0.1, 0.15) is 36.1 Å². The van der Waals surface area contributed by atoms with Crippen molar-refractivity contribution < 1.29 is 33.3 Å². The predicted molar refractivity (Wildman–Crippen MR) is 132 cm³/mol. The first kappa shape index (κ1) is 24.8. The maximum absolute atomic E-state index is 12.9. The Morgan fingerprint density at radius 2 is 2.30 bits per heavy atom. The molecule has 5 heterocycles. The van der Waals surface area contributed by atoms with Gasteiger partial charge < -0.3 is 21.0 Å². The molecule has 13 nitrogen and oxygen atoms in total. The van der Waals surface area contributed by atoms with Crippen LogP contribution in [0.4, 0.5) is 9.52 Å². The standard InChI is InChI=1S/C20H17FN8O5S3/c21-8-34-25-12(15-24-20(22)37-26-15)16(30)23-13-17(31)29-14(19(32)33)10(7-36-18(13)29)2-1-3-27-6-11-28(9-27)4-5-35-11/h1-2,4-6,9,13,18H,3,7-8H2,(H3-,22,23,24,26,30,32,33)/p+1/t13-,18-/m1/s1. The van der Waals surface area contributed by atoms with Gasteiger partial charge in [0, 0.05) is 22.7 Å². The van der Waals surface area contributed by atoms with Gasteiger partial charge in [0.2, 0.25) is 22.7 Å². The number of rotatable bonds is 9. The number of hydrogen-bond donors (Lipinski definition) is 3. The number of carbonyl (C=O) groups is 3. The van der Waals surface area contributed by atoms with E-state index in [2.05, 4.69) is 24.7 Å². The van der Waals surface area contributed by atoms with Gasteiger partial charge >= 0.3 is 5.97 Å². The van der Waals surface area contributed by atoms with Crippen LogP contribution < -0.4 is 15.6 Å². The van der Waals surface area contributed by atoms with Gasteiger partial charge in [-0.3, -0.25) is 14.5 Å². The molecule has 0 unspecified atom stereocenters. The summed E-state index contributed by atoms with van der Waals surface area (Å²) in [6, 6.07) is -1.03. The number of allylic oxidation sites excluding steroid dienone is 2. The number of hydrogen-bond acceptors (Lipinski definition) is 11. The summed E-state index contributed by atoms with van der Waals surface area (Å²) in [7, 11) is 0. The number of nitrogens with zero attached hydrogens (tertiary/aromatic N) is 6. The van der Waals surface area contributed by atoms with Crippen LogP contribution in [0.3, 0.4) is 0 Å². The lowest BCUT2D eigenvalue weighted by molar-refractivity contribution is -0.685. The third-order valence-corrected chi connectivity index (χ3v) is 8.07. The molecule has 2 amide bonds. The van der Waals surface area contributed by atoms with E-state index in [-0.39, 0.29) is 16.7 Å². The molecule has 0 bridgehead atoms. The number of nitrogen functional groups attached to an aromatic ring is 1. The Kier molecular flexibility index (Phi) is 6.90. The topological polar surface area (TPSA) is 168 Å². The molecule has 1 saturated heterocycles. The average Bonchev–Trinajstić information content (AvgIpc) is 3.59. The molecule has 3 aromatic rings. The van der Waals surface area contributed by atoms with E-state index >= 15 is 0 Å². The number of imidazole rings is 1. The number of carboxylic acid groups (broad SMARTS) is 1. The van der Waals surface area contributed by atoms with Crippen LogP contribution in [0, 0.1) is 0 Å². The van der Waals surface area contributed by atoms with Crippen molar-refractivity contribution in [3.05, 3.63) is 53.3 Å². The summed E-state index contributed by atoms with van der Waals surface area (Å²) in [5, 5.41) is 17.1. The highest BCUT2D eigenvalue weighted by atomic mass is 32.2. The molecule has 2 aliphatic rings. The lowest BCUT2D eigenvalue weighted by atomic mass is 10.0. The highest BCUT2D eigenvalue weighted by Gasteiger charge is 2.54. The van der Waals surface area contributed by atoms with Crippen molar-refractivity contribution >= 4 is 68.1 Å². The first-order valence-corrected chi connectivity index (χ1v) is 13.3. The molecular weight excluding hydrogens is 547 g/mol. The lowest BCUT2D eigenvalue weighted by Crippen LogP contribution is -2.71. The number of β-lactam (4-membered cyclic amide) rings is 1. The number of nitrogens with one attached hydrogen (secondary N) is 1. The van der Waals surface area contributed by atoms with Crippen molar-refractivity contribution in [3.63, 3.8) is 0 Å². The number of halogens is 1. The van der Waals surface area contributed by atoms with Crippen molar-refractivity contribution in [1.82, 2.24) is 24.0 Å². The van der Waals surface area contributed by atoms with Crippen molar-refractivity contribution in [2.24, 2.45) is 5.16 Å². The number of carboxylic acids is 1. The molecule has 4 N–H and O–H groups in total. The molecule has 0 radical (unpaired) electrons. The van der Waals surface area contributed by atoms with Crippen LogP contribution in [0.2, 0.25) is 0 Å². The van der Waals surface area contributed by atoms with Gasteiger partial charge in [0.15, 0.2) is 5.13 Å². The monoisotopic (exact) mass is 565 g/mol. The number of carbonyl (C=O) groups excluding carboxylic acids is 2. The number of anilines is 1. The molecule has 2 atom stereocenters. The minimum absolute atomic E-state index is 0.0525. The van der Waals surface area contributed by atoms with E-state index in [4.69, 9.17) is 5.73 Å². The van der Waals surface area contributed by atoms with Gasteiger partial charge in [-0.15, -0.1) is 11.8 Å². The number of nitrogens with two attached hydrogens (primary N) is 1. The number of thioether (sulfide) groups is 1. The summed E-state index contributed by atoms with van der Waals surface area (Å²) < 4.78 is 20.3. The number of thiazole rings is 1. The van der Waals surface area contributed by atoms with Gasteiger partial charge in [-0.1, -0.05) is 22.6 Å². The molecule has 1 fully saturated rings. The summed E-state index contributed by atoms with van der Waals surface area (Å²) >= 11 is 3.71. The van der Waals surface area contributed by atoms with Crippen LogP contribution in [-0.4, -0.2) is 71.3 Å². The van der Waals surface area contributed by atoms with Crippen molar-refractivity contribution in [2.75, 3.05) is 18.3 Å². The summed E-state index contributed by atoms with van der Waals surface area (Å²) in [5.41, 5.74) is 5.43. The minimum Gasteiger partial charge on any atom is -0.477 e. The van der Waals surface area contributed by atoms with Gasteiger partial charge in [-0.25, -0.2) is 13.8 Å². The predicted octanol–water partition coefficient (Wildman–Crippen LogP) is 0.365. The van der Waals surface area contributed by atoms with E-state index in [0.29, 0.717) is 17.9 Å². The summed E-state index contributed by atoms with van der Waals surface area (Å²) in [5.74, 6) is -2.62. The first-order chi connectivity index (χ1) is 17.9. The summed E-state index contributed by atoms with van der Waals surface area (Å²) in [4.78, 5) is 48.2. The Labute approximate surface area is 219 Å². The smallest absolute Gasteiger partial charge is 0.352 e. The quantitative estimate of drug-likeness (QED) is 0.144. The van der Waals surface area contributed by atoms with E-state index in [0.717, 1.165) is 21.3 Å². The zero-order valence-electron chi connectivity index (χ0n) is 18.7. The molecule has 2 aliphatic heterocycles. The minimum atomic E-state index is -1.30. The Bertz CT molecular complexity index is 1450. The first-order valence-electron chi connectivity index (χ1n) is 10.6. The second-order valence-electron chi connectivity index (χ2n) is 7.67. The number of alkyl halides is 1. The highest BCUT2D eigenvalue weighted by Crippen LogP contribution is 2.40. The fourth-order valence-electron chi connectivity index (χ4n) is 3.83. The summed E-state index contributed by atoms with van der Waals surface area (Å²) in [6.07, 6.45) is 9.37. The van der Waals surface area contributed by atoms with Crippen LogP contribution in [0.5, 0.6) is 0 Å². The molecular formula is C20H18FN8O5S3+. The average molecular weight is 566 g/mol. The fraction of sp³-hybridized carbons (Fsp3) is 0.250. The molecule has 192 valence electrons. The van der Waals surface area contributed by atoms with E-state index in [1.807, 2.05) is 39.1 Å². The maximum atomic E-state index is 12.9. The van der Waals surface area contributed by atoms with Gasteiger partial charge in [-0.2, -0.15) is 13.8 Å². The van der Waals surface area contributed by atoms with Crippen LogP contribution in [-0.2, 0) is 25.8 Å². The fourth-order valence-corrected chi connectivity index (χ4v) is 6.34. The normalized spacial score (nSPS) is 19.9. The van der Waals surface area contributed by atoms with Crippen LogP contribution in [0.1, 0.15) is 5.82 Å². The van der Waals surface area contributed by atoms with Gasteiger partial charge in [0.05, 0.1) is 0 Å². The van der Waals surface area contributed by atoms with Crippen molar-refractivity contribution in [3.8, 4) is 0 Å². The zero-order valence-corrected chi connectivity index (χ0v) is 21.1. The zero-order chi connectivity index (χ0) is 26.1. The largest absolute Gasteiger partial charge is 0.477 e. The Hall–Kier alpha value is -3.83. The van der Waals surface area contributed by atoms with Gasteiger partial charge in [-0.05, 0) is 11.6 Å². The molecule has 3 aromatic heterocycles. The Morgan fingerprint density at radius 3 is 3.00 bits per heavy atom. The number of amides is 2. The Balaban J connectivity index is 1.30. The molecule has 0 aliphatic carbocycles. The molecule has 5 rings (SSSR count). The number of aromatic nitrogens is 4. The number of aliphatic carboxylic acids is 1. The van der Waals surface area contributed by atoms with E-state index in [9.17, 15) is 23.9 Å². The molecule has 0 aromatic carbocycles. The van der Waals surface area contributed by atoms with E-state index in [1.165, 1.54) is 11.8 Å². The van der Waals surface area contributed by atoms with Crippen molar-refractivity contribution in [1.29, 1.82) is 0 Å². The number of fused-ring (bicyclic) bond motifs is 2. The van der Waals surface area contributed by atoms with Crippen molar-refractivity contribution in [2.45, 2.75) is 18.0 Å². The highest BCUT2D eigenvalue weighted by molar-refractivity contribution is 8.00. The SMILES string of the molecule is Nc1nc(C(=NOCF)C(=O)N[C@@H]2C(=O)N3C(C(=O)O)=C(C=CC[n+]4cc5sccn5c4)CS[C@H]23)ns1. The third kappa shape index (κ3) is 4.79. The van der Waals surface area contributed by atoms with Crippen LogP contribution >= 0.6 is 34.6 Å². The van der Waals surface area contributed by atoms with E-state index in [1.54, 1.807) is 17.4 Å². The molecule has 0 spiro atoms. The van der Waals surface area contributed by atoms with Crippen LogP contribution in [0.15, 0.2) is 52.7 Å². The third-order valence-electron chi connectivity index (χ3n) is 5.41. The Morgan fingerprint density at radius 1 is 1.46 bits per heavy atom. The second-order valence-corrected chi connectivity index (χ2v) is 10.5. The van der Waals surface area contributed by atoms with Gasteiger partial charge in [0.25, 0.3) is 18.7 Å². The summed E-state index contributed by atoms with van der Waals surface area (Å²) in [6.45, 7) is -0.778. The lowest BCUT2D eigenvalue weighted by Gasteiger charge is -2.49. The number of oxime groups is 1. The molecule has 0 saturated carbocycles.